The fourth-order valence-corrected chi connectivity index (χ4v) is 3.90. The molecule has 0 radical (unpaired) electrons. The first-order valence-electron chi connectivity index (χ1n) is 10.1. The number of ether oxygens (including phenoxy) is 1. The summed E-state index contributed by atoms with van der Waals surface area (Å²) >= 11 is 0. The van der Waals surface area contributed by atoms with Crippen molar-refractivity contribution in [1.29, 1.82) is 0 Å². The number of aryl methyl sites for hydroxylation is 2. The number of methoxy groups -OCH3 is 1. The number of benzene rings is 1. The molecule has 1 N–H and O–H groups in total. The third-order valence-electron chi connectivity index (χ3n) is 5.69. The van der Waals surface area contributed by atoms with Crippen LogP contribution in [0.15, 0.2) is 30.3 Å². The third kappa shape index (κ3) is 5.13. The van der Waals surface area contributed by atoms with E-state index in [-0.39, 0.29) is 11.8 Å². The normalized spacial score (nSPS) is 16.7. The number of likely N-dealkylation sites (tertiary alicyclic amines) is 1. The molecule has 152 valence electrons. The Morgan fingerprint density at radius 2 is 1.93 bits per heavy atom. The maximum absolute atomic E-state index is 12.5. The van der Waals surface area contributed by atoms with Gasteiger partial charge in [0.25, 0.3) is 0 Å². The van der Waals surface area contributed by atoms with Crippen LogP contribution in [-0.4, -0.2) is 46.8 Å². The predicted octanol–water partition coefficient (Wildman–Crippen LogP) is 2.93. The molecule has 0 spiro atoms. The van der Waals surface area contributed by atoms with Gasteiger partial charge in [0.15, 0.2) is 0 Å². The van der Waals surface area contributed by atoms with E-state index in [0.717, 1.165) is 49.5 Å². The molecule has 1 aromatic carbocycles. The zero-order chi connectivity index (χ0) is 20.1. The van der Waals surface area contributed by atoms with Crippen LogP contribution < -0.4 is 10.1 Å². The van der Waals surface area contributed by atoms with Crippen LogP contribution in [0.3, 0.4) is 0 Å². The van der Waals surface area contributed by atoms with Crippen molar-refractivity contribution in [2.24, 2.45) is 5.92 Å². The number of rotatable bonds is 7. The second-order valence-electron chi connectivity index (χ2n) is 7.83. The molecular weight excluding hydrogens is 352 g/mol. The molecule has 1 atom stereocenters. The van der Waals surface area contributed by atoms with Gasteiger partial charge < -0.3 is 10.1 Å². The first kappa shape index (κ1) is 20.4. The second-order valence-corrected chi connectivity index (χ2v) is 7.83. The summed E-state index contributed by atoms with van der Waals surface area (Å²) in [5.74, 6) is 1.11. The van der Waals surface area contributed by atoms with E-state index < -0.39 is 0 Å². The minimum atomic E-state index is 0.107. The van der Waals surface area contributed by atoms with Crippen molar-refractivity contribution in [3.63, 3.8) is 0 Å². The quantitative estimate of drug-likeness (QED) is 0.797. The van der Waals surface area contributed by atoms with Gasteiger partial charge in [-0.05, 0) is 70.5 Å². The number of piperidine rings is 1. The van der Waals surface area contributed by atoms with Gasteiger partial charge in [0.05, 0.1) is 19.3 Å². The summed E-state index contributed by atoms with van der Waals surface area (Å²) in [7, 11) is 1.65. The lowest BCUT2D eigenvalue weighted by molar-refractivity contribution is -0.126. The molecule has 6 heteroatoms. The van der Waals surface area contributed by atoms with Gasteiger partial charge in [-0.3, -0.25) is 14.4 Å². The Morgan fingerprint density at radius 1 is 1.25 bits per heavy atom. The maximum Gasteiger partial charge on any atom is 0.223 e. The number of amides is 1. The highest BCUT2D eigenvalue weighted by molar-refractivity contribution is 5.78. The molecule has 1 aliphatic heterocycles. The zero-order valence-electron chi connectivity index (χ0n) is 17.4. The zero-order valence-corrected chi connectivity index (χ0v) is 17.4. The van der Waals surface area contributed by atoms with Crippen LogP contribution in [0.4, 0.5) is 0 Å². The molecule has 3 rings (SSSR count). The molecule has 1 unspecified atom stereocenters. The molecule has 1 saturated heterocycles. The van der Waals surface area contributed by atoms with Gasteiger partial charge in [0, 0.05) is 24.2 Å². The van der Waals surface area contributed by atoms with E-state index in [1.165, 1.54) is 5.69 Å². The highest BCUT2D eigenvalue weighted by atomic mass is 16.5. The van der Waals surface area contributed by atoms with Crippen molar-refractivity contribution in [1.82, 2.24) is 20.0 Å². The van der Waals surface area contributed by atoms with Crippen molar-refractivity contribution in [3.05, 3.63) is 47.3 Å². The van der Waals surface area contributed by atoms with Gasteiger partial charge in [-0.25, -0.2) is 0 Å². The van der Waals surface area contributed by atoms with Gasteiger partial charge in [-0.1, -0.05) is 12.1 Å². The largest absolute Gasteiger partial charge is 0.497 e. The number of nitrogens with one attached hydrogen (secondary N) is 1. The van der Waals surface area contributed by atoms with E-state index >= 15 is 0 Å². The van der Waals surface area contributed by atoms with Crippen LogP contribution in [0.5, 0.6) is 5.75 Å². The Balaban J connectivity index is 1.43. The van der Waals surface area contributed by atoms with E-state index in [9.17, 15) is 4.79 Å². The Bertz CT molecular complexity index is 776. The lowest BCUT2D eigenvalue weighted by Crippen LogP contribution is -2.45. The van der Waals surface area contributed by atoms with Crippen molar-refractivity contribution < 1.29 is 9.53 Å². The monoisotopic (exact) mass is 384 g/mol. The molecule has 1 aromatic heterocycles. The first-order chi connectivity index (χ1) is 13.5. The van der Waals surface area contributed by atoms with Crippen LogP contribution in [0.25, 0.3) is 0 Å². The van der Waals surface area contributed by atoms with Gasteiger partial charge in [-0.15, -0.1) is 0 Å². The number of hydrogen-bond acceptors (Lipinski definition) is 4. The molecule has 0 aliphatic carbocycles. The summed E-state index contributed by atoms with van der Waals surface area (Å²) in [4.78, 5) is 15.0. The molecule has 2 aromatic rings. The minimum Gasteiger partial charge on any atom is -0.497 e. The average molecular weight is 385 g/mol. The number of hydrogen-bond donors (Lipinski definition) is 1. The van der Waals surface area contributed by atoms with Crippen LogP contribution in [0.2, 0.25) is 0 Å². The number of aromatic nitrogens is 2. The molecule has 0 bridgehead atoms. The molecule has 2 heterocycles. The van der Waals surface area contributed by atoms with Gasteiger partial charge in [0.2, 0.25) is 5.91 Å². The smallest absolute Gasteiger partial charge is 0.223 e. The Morgan fingerprint density at radius 3 is 2.50 bits per heavy atom. The Labute approximate surface area is 167 Å². The summed E-state index contributed by atoms with van der Waals surface area (Å²) in [6, 6.07) is 10.4. The fraction of sp³-hybridized carbons (Fsp3) is 0.545. The van der Waals surface area contributed by atoms with E-state index in [1.807, 2.05) is 31.2 Å². The lowest BCUT2D eigenvalue weighted by Gasteiger charge is -2.35. The highest BCUT2D eigenvalue weighted by Crippen LogP contribution is 2.20. The van der Waals surface area contributed by atoms with Crippen molar-refractivity contribution in [3.8, 4) is 5.75 Å². The third-order valence-corrected chi connectivity index (χ3v) is 5.69. The van der Waals surface area contributed by atoms with Gasteiger partial charge in [-0.2, -0.15) is 5.10 Å². The van der Waals surface area contributed by atoms with Crippen LogP contribution in [0, 0.1) is 19.8 Å². The number of nitrogens with zero attached hydrogens (tertiary/aromatic N) is 3. The van der Waals surface area contributed by atoms with E-state index in [0.29, 0.717) is 12.6 Å². The molecule has 6 nitrogen and oxygen atoms in total. The molecule has 1 aliphatic rings. The number of carbonyl (C=O) groups is 1. The molecule has 0 saturated carbocycles. The highest BCUT2D eigenvalue weighted by Gasteiger charge is 2.27. The SMILES string of the molecule is COc1ccc(CNC(=O)C2CCN(C(C)Cn3nc(C)cc3C)CC2)cc1. The maximum atomic E-state index is 12.5. The second kappa shape index (κ2) is 9.24. The summed E-state index contributed by atoms with van der Waals surface area (Å²) < 4.78 is 7.26. The molecule has 1 amide bonds. The van der Waals surface area contributed by atoms with Crippen molar-refractivity contribution in [2.75, 3.05) is 20.2 Å². The van der Waals surface area contributed by atoms with E-state index in [2.05, 4.69) is 39.9 Å². The Hall–Kier alpha value is -2.34. The summed E-state index contributed by atoms with van der Waals surface area (Å²) in [6.07, 6.45) is 1.83. The lowest BCUT2D eigenvalue weighted by atomic mass is 9.95. The summed E-state index contributed by atoms with van der Waals surface area (Å²) in [6.45, 7) is 9.77. The Kier molecular flexibility index (Phi) is 6.73. The minimum absolute atomic E-state index is 0.107. The fourth-order valence-electron chi connectivity index (χ4n) is 3.90. The topological polar surface area (TPSA) is 59.4 Å². The van der Waals surface area contributed by atoms with Crippen LogP contribution in [0.1, 0.15) is 36.7 Å². The summed E-state index contributed by atoms with van der Waals surface area (Å²) in [5.41, 5.74) is 3.36. The van der Waals surface area contributed by atoms with E-state index in [4.69, 9.17) is 4.74 Å². The van der Waals surface area contributed by atoms with Gasteiger partial charge in [0.1, 0.15) is 5.75 Å². The first-order valence-corrected chi connectivity index (χ1v) is 10.1. The van der Waals surface area contributed by atoms with Crippen LogP contribution >= 0.6 is 0 Å². The van der Waals surface area contributed by atoms with E-state index in [1.54, 1.807) is 7.11 Å². The number of carbonyl (C=O) groups excluding carboxylic acids is 1. The molecule has 28 heavy (non-hydrogen) atoms. The molecular formula is C22H32N4O2. The predicted molar refractivity (Wildman–Crippen MR) is 110 cm³/mol. The van der Waals surface area contributed by atoms with Crippen molar-refractivity contribution in [2.45, 2.75) is 52.7 Å². The summed E-state index contributed by atoms with van der Waals surface area (Å²) in [5, 5.41) is 7.66. The average Bonchev–Trinajstić information content (AvgIpc) is 3.03. The molecule has 1 fully saturated rings. The standard InChI is InChI=1S/C22H32N4O2/c1-16-13-17(2)26(24-16)15-18(3)25-11-9-20(10-12-25)22(27)23-14-19-5-7-21(28-4)8-6-19/h5-8,13,18,20H,9-12,14-15H2,1-4H3,(H,23,27). The van der Waals surface area contributed by atoms with Gasteiger partial charge >= 0.3 is 0 Å². The van der Waals surface area contributed by atoms with Crippen LogP contribution in [-0.2, 0) is 17.9 Å². The van der Waals surface area contributed by atoms with Crippen molar-refractivity contribution >= 4 is 5.91 Å².